The van der Waals surface area contributed by atoms with Crippen LogP contribution >= 0.6 is 0 Å². The van der Waals surface area contributed by atoms with E-state index in [9.17, 15) is 14.4 Å². The predicted molar refractivity (Wildman–Crippen MR) is 96.5 cm³/mol. The number of likely N-dealkylation sites (tertiary alicyclic amines) is 1. The Labute approximate surface area is 156 Å². The minimum Gasteiger partial charge on any atom is -0.467 e. The summed E-state index contributed by atoms with van der Waals surface area (Å²) in [6, 6.07) is -1.22. The van der Waals surface area contributed by atoms with Crippen molar-refractivity contribution in [3.05, 3.63) is 0 Å². The second-order valence-corrected chi connectivity index (χ2v) is 8.62. The molecule has 1 amide bonds. The van der Waals surface area contributed by atoms with E-state index in [4.69, 9.17) is 14.2 Å². The van der Waals surface area contributed by atoms with Gasteiger partial charge in [-0.3, -0.25) is 9.69 Å². The van der Waals surface area contributed by atoms with Gasteiger partial charge in [0.25, 0.3) is 0 Å². The standard InChI is InChI=1S/C19H33NO6/c1-9-12(15(21)25-18(2,3)4)13-10-11-14(16(22)24-8)20(13)17(23)26-19(5,6)7/h12-14H,9-11H2,1-8H3/t12?,13-,14+/m1/s1. The van der Waals surface area contributed by atoms with Gasteiger partial charge in [-0.25, -0.2) is 9.59 Å². The van der Waals surface area contributed by atoms with Crippen LogP contribution in [0.4, 0.5) is 4.79 Å². The van der Waals surface area contributed by atoms with E-state index in [-0.39, 0.29) is 5.97 Å². The third-order valence-electron chi connectivity index (χ3n) is 4.12. The molecule has 150 valence electrons. The molecule has 3 atom stereocenters. The Morgan fingerprint density at radius 2 is 1.54 bits per heavy atom. The summed E-state index contributed by atoms with van der Waals surface area (Å²) in [5.41, 5.74) is -1.33. The molecule has 0 aliphatic carbocycles. The van der Waals surface area contributed by atoms with E-state index >= 15 is 0 Å². The van der Waals surface area contributed by atoms with Crippen molar-refractivity contribution >= 4 is 18.0 Å². The first-order valence-electron chi connectivity index (χ1n) is 9.12. The van der Waals surface area contributed by atoms with Crippen molar-refractivity contribution in [1.82, 2.24) is 4.90 Å². The zero-order valence-electron chi connectivity index (χ0n) is 17.3. The average molecular weight is 371 g/mol. The van der Waals surface area contributed by atoms with E-state index in [1.807, 2.05) is 6.92 Å². The van der Waals surface area contributed by atoms with Crippen molar-refractivity contribution in [2.45, 2.75) is 91.0 Å². The van der Waals surface area contributed by atoms with Gasteiger partial charge < -0.3 is 14.2 Å². The number of hydrogen-bond acceptors (Lipinski definition) is 6. The number of nitrogens with zero attached hydrogens (tertiary/aromatic N) is 1. The lowest BCUT2D eigenvalue weighted by molar-refractivity contribution is -0.163. The fraction of sp³-hybridized carbons (Fsp3) is 0.842. The molecule has 0 aromatic rings. The highest BCUT2D eigenvalue weighted by molar-refractivity contribution is 5.83. The second kappa shape index (κ2) is 8.27. The zero-order chi connectivity index (χ0) is 20.3. The van der Waals surface area contributed by atoms with Crippen LogP contribution in [0.2, 0.25) is 0 Å². The third kappa shape index (κ3) is 5.88. The van der Waals surface area contributed by atoms with Crippen molar-refractivity contribution in [2.75, 3.05) is 7.11 Å². The van der Waals surface area contributed by atoms with Crippen LogP contribution in [0.25, 0.3) is 0 Å². The minimum absolute atomic E-state index is 0.371. The van der Waals surface area contributed by atoms with Crippen molar-refractivity contribution in [2.24, 2.45) is 5.92 Å². The van der Waals surface area contributed by atoms with Crippen LogP contribution in [-0.2, 0) is 23.8 Å². The highest BCUT2D eigenvalue weighted by Gasteiger charge is 2.48. The Morgan fingerprint density at radius 3 is 1.96 bits per heavy atom. The van der Waals surface area contributed by atoms with Gasteiger partial charge in [0.2, 0.25) is 0 Å². The topological polar surface area (TPSA) is 82.1 Å². The van der Waals surface area contributed by atoms with E-state index in [2.05, 4.69) is 0 Å². The third-order valence-corrected chi connectivity index (χ3v) is 4.12. The van der Waals surface area contributed by atoms with E-state index in [1.54, 1.807) is 41.5 Å². The van der Waals surface area contributed by atoms with Gasteiger partial charge in [0.15, 0.2) is 0 Å². The van der Waals surface area contributed by atoms with Crippen molar-refractivity contribution in [3.8, 4) is 0 Å². The highest BCUT2D eigenvalue weighted by atomic mass is 16.6. The van der Waals surface area contributed by atoms with Gasteiger partial charge >= 0.3 is 18.0 Å². The lowest BCUT2D eigenvalue weighted by Gasteiger charge is -2.35. The summed E-state index contributed by atoms with van der Waals surface area (Å²) in [5.74, 6) is -1.40. The molecule has 0 N–H and O–H groups in total. The first-order chi connectivity index (χ1) is 11.8. The first-order valence-corrected chi connectivity index (χ1v) is 9.12. The molecule has 0 aromatic carbocycles. The quantitative estimate of drug-likeness (QED) is 0.557. The van der Waals surface area contributed by atoms with E-state index < -0.39 is 41.3 Å². The van der Waals surface area contributed by atoms with Crippen molar-refractivity contribution < 1.29 is 28.6 Å². The molecule has 1 fully saturated rings. The van der Waals surface area contributed by atoms with Crippen molar-refractivity contribution in [3.63, 3.8) is 0 Å². The van der Waals surface area contributed by atoms with Crippen LogP contribution < -0.4 is 0 Å². The number of rotatable bonds is 4. The molecule has 1 aliphatic rings. The summed E-state index contributed by atoms with van der Waals surface area (Å²) >= 11 is 0. The number of carbonyl (C=O) groups excluding carboxylic acids is 3. The number of esters is 2. The largest absolute Gasteiger partial charge is 0.467 e. The monoisotopic (exact) mass is 371 g/mol. The van der Waals surface area contributed by atoms with E-state index in [0.29, 0.717) is 19.3 Å². The second-order valence-electron chi connectivity index (χ2n) is 8.62. The number of hydrogen-bond donors (Lipinski definition) is 0. The maximum absolute atomic E-state index is 12.8. The summed E-state index contributed by atoms with van der Waals surface area (Å²) in [6.07, 6.45) is 0.816. The molecular formula is C19H33NO6. The summed E-state index contributed by atoms with van der Waals surface area (Å²) < 4.78 is 15.8. The fourth-order valence-corrected chi connectivity index (χ4v) is 3.15. The molecule has 26 heavy (non-hydrogen) atoms. The van der Waals surface area contributed by atoms with Gasteiger partial charge in [0, 0.05) is 6.04 Å². The molecular weight excluding hydrogens is 338 g/mol. The van der Waals surface area contributed by atoms with Crippen LogP contribution in [0.1, 0.15) is 67.7 Å². The van der Waals surface area contributed by atoms with Gasteiger partial charge in [0.05, 0.1) is 13.0 Å². The molecule has 7 heteroatoms. The average Bonchev–Trinajstić information content (AvgIpc) is 2.88. The normalized spacial score (nSPS) is 21.9. The maximum atomic E-state index is 12.8. The van der Waals surface area contributed by atoms with Crippen LogP contribution in [0.3, 0.4) is 0 Å². The van der Waals surface area contributed by atoms with E-state index in [1.165, 1.54) is 12.0 Å². The first kappa shape index (κ1) is 22.3. The Kier molecular flexibility index (Phi) is 7.08. The van der Waals surface area contributed by atoms with Gasteiger partial charge in [-0.15, -0.1) is 0 Å². The molecule has 1 aliphatic heterocycles. The molecule has 1 rings (SSSR count). The zero-order valence-corrected chi connectivity index (χ0v) is 17.3. The Morgan fingerprint density at radius 1 is 1.00 bits per heavy atom. The van der Waals surface area contributed by atoms with Crippen LogP contribution in [0, 0.1) is 5.92 Å². The van der Waals surface area contributed by atoms with E-state index in [0.717, 1.165) is 0 Å². The lowest BCUT2D eigenvalue weighted by Crippen LogP contribution is -2.51. The molecule has 1 heterocycles. The number of methoxy groups -OCH3 is 1. The van der Waals surface area contributed by atoms with Gasteiger partial charge in [-0.1, -0.05) is 6.92 Å². The summed E-state index contributed by atoms with van der Waals surface area (Å²) in [4.78, 5) is 39.0. The van der Waals surface area contributed by atoms with Gasteiger partial charge in [0.1, 0.15) is 17.2 Å². The molecule has 0 aromatic heterocycles. The SMILES string of the molecule is CCC(C(=O)OC(C)(C)C)[C@H]1CC[C@@H](C(=O)OC)N1C(=O)OC(C)(C)C. The molecule has 7 nitrogen and oxygen atoms in total. The molecule has 0 spiro atoms. The van der Waals surface area contributed by atoms with Crippen molar-refractivity contribution in [1.29, 1.82) is 0 Å². The molecule has 0 saturated carbocycles. The van der Waals surface area contributed by atoms with Crippen LogP contribution in [-0.4, -0.2) is 53.3 Å². The minimum atomic E-state index is -0.753. The molecule has 1 saturated heterocycles. The molecule has 0 radical (unpaired) electrons. The lowest BCUT2D eigenvalue weighted by atomic mass is 9.94. The Balaban J connectivity index is 3.14. The van der Waals surface area contributed by atoms with Crippen LogP contribution in [0.5, 0.6) is 0 Å². The number of amides is 1. The fourth-order valence-electron chi connectivity index (χ4n) is 3.15. The molecule has 0 bridgehead atoms. The maximum Gasteiger partial charge on any atom is 0.411 e. The summed E-state index contributed by atoms with van der Waals surface area (Å²) in [5, 5.41) is 0. The van der Waals surface area contributed by atoms with Gasteiger partial charge in [-0.05, 0) is 60.8 Å². The predicted octanol–water partition coefficient (Wildman–Crippen LogP) is 3.30. The Bertz CT molecular complexity index is 531. The number of carbonyl (C=O) groups is 3. The van der Waals surface area contributed by atoms with Crippen LogP contribution in [0.15, 0.2) is 0 Å². The highest BCUT2D eigenvalue weighted by Crippen LogP contribution is 2.34. The van der Waals surface area contributed by atoms with Gasteiger partial charge in [-0.2, -0.15) is 0 Å². The summed E-state index contributed by atoms with van der Waals surface area (Å²) in [6.45, 7) is 12.5. The number of ether oxygens (including phenoxy) is 3. The smallest absolute Gasteiger partial charge is 0.411 e. The summed E-state index contributed by atoms with van der Waals surface area (Å²) in [7, 11) is 1.29. The Hall–Kier alpha value is -1.79. The molecule has 1 unspecified atom stereocenters.